The van der Waals surface area contributed by atoms with Crippen molar-refractivity contribution in [3.05, 3.63) is 63.7 Å². The summed E-state index contributed by atoms with van der Waals surface area (Å²) < 4.78 is 0. The van der Waals surface area contributed by atoms with E-state index in [1.54, 1.807) is 30.3 Å². The third-order valence-corrected chi connectivity index (χ3v) is 2.58. The van der Waals surface area contributed by atoms with E-state index in [2.05, 4.69) is 4.99 Å². The number of nitrogens with zero attached hydrogens (tertiary/aromatic N) is 2. The summed E-state index contributed by atoms with van der Waals surface area (Å²) in [6.45, 7) is 1.91. The van der Waals surface area contributed by atoms with Crippen LogP contribution in [0.4, 0.5) is 11.4 Å². The summed E-state index contributed by atoms with van der Waals surface area (Å²) in [5, 5.41) is 20.3. The van der Waals surface area contributed by atoms with Crippen molar-refractivity contribution in [2.45, 2.75) is 6.92 Å². The Hall–Kier alpha value is -2.69. The summed E-state index contributed by atoms with van der Waals surface area (Å²) in [4.78, 5) is 14.3. The van der Waals surface area contributed by atoms with Gasteiger partial charge in [0.25, 0.3) is 5.69 Å². The highest BCUT2D eigenvalue weighted by Crippen LogP contribution is 2.21. The van der Waals surface area contributed by atoms with E-state index in [-0.39, 0.29) is 11.4 Å². The maximum atomic E-state index is 10.6. The molecule has 2 rings (SSSR count). The van der Waals surface area contributed by atoms with E-state index in [0.29, 0.717) is 11.3 Å². The molecule has 0 spiro atoms. The van der Waals surface area contributed by atoms with Crippen LogP contribution in [0.25, 0.3) is 0 Å². The zero-order valence-electron chi connectivity index (χ0n) is 10.3. The van der Waals surface area contributed by atoms with Crippen LogP contribution in [0.5, 0.6) is 5.75 Å². The SMILES string of the molecule is Cc1ccc(O)c(C=Nc2cccc([N+](=O)[O-])c2)c1. The molecule has 0 unspecified atom stereocenters. The number of nitro benzene ring substituents is 1. The number of aromatic hydroxyl groups is 1. The fourth-order valence-electron chi connectivity index (χ4n) is 1.61. The van der Waals surface area contributed by atoms with E-state index in [9.17, 15) is 15.2 Å². The first-order valence-corrected chi connectivity index (χ1v) is 5.64. The Morgan fingerprint density at radius 1 is 1.26 bits per heavy atom. The van der Waals surface area contributed by atoms with Crippen molar-refractivity contribution in [3.63, 3.8) is 0 Å². The summed E-state index contributed by atoms with van der Waals surface area (Å²) in [7, 11) is 0. The Morgan fingerprint density at radius 2 is 2.05 bits per heavy atom. The van der Waals surface area contributed by atoms with E-state index in [4.69, 9.17) is 0 Å². The monoisotopic (exact) mass is 256 g/mol. The Labute approximate surface area is 110 Å². The molecule has 0 atom stereocenters. The van der Waals surface area contributed by atoms with Gasteiger partial charge in [-0.2, -0.15) is 0 Å². The summed E-state index contributed by atoms with van der Waals surface area (Å²) >= 11 is 0. The van der Waals surface area contributed by atoms with Crippen LogP contribution in [-0.2, 0) is 0 Å². The molecule has 0 bridgehead atoms. The van der Waals surface area contributed by atoms with E-state index >= 15 is 0 Å². The number of aryl methyl sites for hydroxylation is 1. The molecule has 0 saturated heterocycles. The van der Waals surface area contributed by atoms with Crippen LogP contribution in [0, 0.1) is 17.0 Å². The summed E-state index contributed by atoms with van der Waals surface area (Å²) in [6, 6.07) is 11.2. The molecule has 5 nitrogen and oxygen atoms in total. The van der Waals surface area contributed by atoms with Gasteiger partial charge in [0.2, 0.25) is 0 Å². The van der Waals surface area contributed by atoms with Gasteiger partial charge in [0.15, 0.2) is 0 Å². The van der Waals surface area contributed by atoms with Crippen LogP contribution in [0.15, 0.2) is 47.5 Å². The van der Waals surface area contributed by atoms with Crippen molar-refractivity contribution in [1.29, 1.82) is 0 Å². The molecule has 0 heterocycles. The Kier molecular flexibility index (Phi) is 3.56. The molecule has 0 radical (unpaired) electrons. The fraction of sp³-hybridized carbons (Fsp3) is 0.0714. The van der Waals surface area contributed by atoms with Gasteiger partial charge in [0.05, 0.1) is 10.6 Å². The molecule has 0 aliphatic carbocycles. The van der Waals surface area contributed by atoms with Gasteiger partial charge in [-0.3, -0.25) is 15.1 Å². The minimum absolute atomic E-state index is 0.0110. The quantitative estimate of drug-likeness (QED) is 0.519. The van der Waals surface area contributed by atoms with Gasteiger partial charge in [-0.05, 0) is 25.1 Å². The smallest absolute Gasteiger partial charge is 0.271 e. The number of hydrogen-bond acceptors (Lipinski definition) is 4. The number of nitro groups is 1. The highest BCUT2D eigenvalue weighted by molar-refractivity contribution is 5.85. The largest absolute Gasteiger partial charge is 0.507 e. The fourth-order valence-corrected chi connectivity index (χ4v) is 1.61. The highest BCUT2D eigenvalue weighted by atomic mass is 16.6. The molecule has 5 heteroatoms. The molecule has 0 aromatic heterocycles. The summed E-state index contributed by atoms with van der Waals surface area (Å²) in [5.41, 5.74) is 2.03. The van der Waals surface area contributed by atoms with Crippen molar-refractivity contribution in [2.75, 3.05) is 0 Å². The van der Waals surface area contributed by atoms with Crippen LogP contribution in [0.3, 0.4) is 0 Å². The second kappa shape index (κ2) is 5.30. The molecule has 96 valence electrons. The molecule has 19 heavy (non-hydrogen) atoms. The van der Waals surface area contributed by atoms with Gasteiger partial charge in [-0.25, -0.2) is 0 Å². The van der Waals surface area contributed by atoms with Crippen LogP contribution in [0.1, 0.15) is 11.1 Å². The zero-order chi connectivity index (χ0) is 13.8. The van der Waals surface area contributed by atoms with Crippen LogP contribution < -0.4 is 0 Å². The third kappa shape index (κ3) is 3.16. The Bertz CT molecular complexity index is 651. The molecular formula is C14H12N2O3. The molecule has 0 aliphatic rings. The van der Waals surface area contributed by atoms with E-state index in [1.165, 1.54) is 18.3 Å². The first-order chi connectivity index (χ1) is 9.06. The van der Waals surface area contributed by atoms with Crippen molar-refractivity contribution >= 4 is 17.6 Å². The van der Waals surface area contributed by atoms with Crippen LogP contribution >= 0.6 is 0 Å². The summed E-state index contributed by atoms with van der Waals surface area (Å²) in [6.07, 6.45) is 1.49. The topological polar surface area (TPSA) is 75.7 Å². The van der Waals surface area contributed by atoms with Crippen molar-refractivity contribution in [2.24, 2.45) is 4.99 Å². The van der Waals surface area contributed by atoms with Crippen LogP contribution in [0.2, 0.25) is 0 Å². The lowest BCUT2D eigenvalue weighted by Crippen LogP contribution is -1.87. The lowest BCUT2D eigenvalue weighted by Gasteiger charge is -2.00. The average Bonchev–Trinajstić information content (AvgIpc) is 2.40. The lowest BCUT2D eigenvalue weighted by molar-refractivity contribution is -0.384. The van der Waals surface area contributed by atoms with Crippen molar-refractivity contribution in [3.8, 4) is 5.75 Å². The molecule has 0 saturated carbocycles. The molecule has 0 aliphatic heterocycles. The number of hydrogen-bond donors (Lipinski definition) is 1. The third-order valence-electron chi connectivity index (χ3n) is 2.58. The number of benzene rings is 2. The zero-order valence-corrected chi connectivity index (χ0v) is 10.3. The molecule has 1 N–H and O–H groups in total. The number of phenolic OH excluding ortho intramolecular Hbond substituents is 1. The normalized spacial score (nSPS) is 10.8. The van der Waals surface area contributed by atoms with Gasteiger partial charge in [0, 0.05) is 23.9 Å². The number of non-ortho nitro benzene ring substituents is 1. The van der Waals surface area contributed by atoms with E-state index < -0.39 is 4.92 Å². The minimum Gasteiger partial charge on any atom is -0.507 e. The second-order valence-corrected chi connectivity index (χ2v) is 4.10. The average molecular weight is 256 g/mol. The van der Waals surface area contributed by atoms with Gasteiger partial charge < -0.3 is 5.11 Å². The number of phenols is 1. The molecule has 2 aromatic rings. The Balaban J connectivity index is 2.30. The predicted octanol–water partition coefficient (Wildman–Crippen LogP) is 3.36. The van der Waals surface area contributed by atoms with Gasteiger partial charge in [0.1, 0.15) is 5.75 Å². The first kappa shape index (κ1) is 12.8. The standard InChI is InChI=1S/C14H12N2O3/c1-10-5-6-14(17)11(7-10)9-15-12-3-2-4-13(8-12)16(18)19/h2-9,17H,1H3. The maximum Gasteiger partial charge on any atom is 0.271 e. The van der Waals surface area contributed by atoms with Gasteiger partial charge >= 0.3 is 0 Å². The van der Waals surface area contributed by atoms with Crippen LogP contribution in [-0.4, -0.2) is 16.2 Å². The lowest BCUT2D eigenvalue weighted by atomic mass is 10.1. The van der Waals surface area contributed by atoms with Gasteiger partial charge in [-0.1, -0.05) is 17.7 Å². The highest BCUT2D eigenvalue weighted by Gasteiger charge is 2.04. The first-order valence-electron chi connectivity index (χ1n) is 5.64. The van der Waals surface area contributed by atoms with Crippen molar-refractivity contribution in [1.82, 2.24) is 0 Å². The van der Waals surface area contributed by atoms with E-state index in [0.717, 1.165) is 5.56 Å². The Morgan fingerprint density at radius 3 is 2.79 bits per heavy atom. The van der Waals surface area contributed by atoms with Crippen molar-refractivity contribution < 1.29 is 10.0 Å². The second-order valence-electron chi connectivity index (χ2n) is 4.10. The molecule has 0 fully saturated rings. The predicted molar refractivity (Wildman–Crippen MR) is 73.2 cm³/mol. The maximum absolute atomic E-state index is 10.6. The molecular weight excluding hydrogens is 244 g/mol. The summed E-state index contributed by atoms with van der Waals surface area (Å²) in [5.74, 6) is 0.125. The minimum atomic E-state index is -0.469. The number of rotatable bonds is 3. The van der Waals surface area contributed by atoms with E-state index in [1.807, 2.05) is 6.92 Å². The number of aliphatic imine (C=N–C) groups is 1. The molecule has 2 aromatic carbocycles. The molecule has 0 amide bonds. The van der Waals surface area contributed by atoms with Gasteiger partial charge in [-0.15, -0.1) is 0 Å².